The lowest BCUT2D eigenvalue weighted by atomic mass is 9.64. The summed E-state index contributed by atoms with van der Waals surface area (Å²) < 4.78 is 0. The Balaban J connectivity index is 0.000000531. The zero-order valence-electron chi connectivity index (χ0n) is 10.9. The maximum atomic E-state index is 2.51. The van der Waals surface area contributed by atoms with E-state index in [1.165, 1.54) is 51.4 Å². The fourth-order valence-electron chi connectivity index (χ4n) is 3.39. The molecule has 0 aromatic rings. The van der Waals surface area contributed by atoms with Gasteiger partial charge in [0.1, 0.15) is 0 Å². The third-order valence-corrected chi connectivity index (χ3v) is 4.35. The molecule has 0 aromatic heterocycles. The van der Waals surface area contributed by atoms with Crippen LogP contribution < -0.4 is 0 Å². The Morgan fingerprint density at radius 2 is 1.80 bits per heavy atom. The Hall–Kier alpha value is -0.260. The molecule has 88 valence electrons. The minimum Gasteiger partial charge on any atom is -0.0882 e. The molecular formula is C15H28. The predicted molar refractivity (Wildman–Crippen MR) is 69.0 cm³/mol. The smallest absolute Gasteiger partial charge is 0.0174 e. The van der Waals surface area contributed by atoms with E-state index in [-0.39, 0.29) is 0 Å². The van der Waals surface area contributed by atoms with E-state index < -0.39 is 0 Å². The third kappa shape index (κ3) is 2.86. The monoisotopic (exact) mass is 208 g/mol. The molecule has 15 heavy (non-hydrogen) atoms. The van der Waals surface area contributed by atoms with E-state index >= 15 is 0 Å². The molecule has 0 saturated heterocycles. The van der Waals surface area contributed by atoms with Crippen LogP contribution in [0.4, 0.5) is 0 Å². The summed E-state index contributed by atoms with van der Waals surface area (Å²) in [6, 6.07) is 0. The fourth-order valence-corrected chi connectivity index (χ4v) is 3.39. The second kappa shape index (κ2) is 6.35. The third-order valence-electron chi connectivity index (χ3n) is 4.35. The highest BCUT2D eigenvalue weighted by molar-refractivity contribution is 5.04. The summed E-state index contributed by atoms with van der Waals surface area (Å²) >= 11 is 0. The van der Waals surface area contributed by atoms with Crippen LogP contribution in [-0.2, 0) is 0 Å². The molecule has 0 heterocycles. The lowest BCUT2D eigenvalue weighted by Crippen LogP contribution is -2.30. The van der Waals surface area contributed by atoms with Crippen LogP contribution in [-0.4, -0.2) is 0 Å². The SMILES string of the molecule is CC.CCC1(C2C=CCC2)CCCCC1. The minimum absolute atomic E-state index is 0.714. The predicted octanol–water partition coefficient (Wildman–Crippen LogP) is 5.34. The van der Waals surface area contributed by atoms with Crippen LogP contribution in [0.5, 0.6) is 0 Å². The van der Waals surface area contributed by atoms with Gasteiger partial charge in [-0.05, 0) is 43.4 Å². The summed E-state index contributed by atoms with van der Waals surface area (Å²) in [4.78, 5) is 0. The first-order chi connectivity index (χ1) is 7.37. The van der Waals surface area contributed by atoms with E-state index in [1.54, 1.807) is 0 Å². The van der Waals surface area contributed by atoms with Crippen LogP contribution >= 0.6 is 0 Å². The van der Waals surface area contributed by atoms with Crippen LogP contribution in [0, 0.1) is 11.3 Å². The Bertz CT molecular complexity index is 184. The molecule has 0 aromatic carbocycles. The van der Waals surface area contributed by atoms with Gasteiger partial charge >= 0.3 is 0 Å². The molecule has 0 amide bonds. The summed E-state index contributed by atoms with van der Waals surface area (Å²) in [5.74, 6) is 0.929. The highest BCUT2D eigenvalue weighted by atomic mass is 14.4. The maximum absolute atomic E-state index is 2.51. The van der Waals surface area contributed by atoms with E-state index in [0.717, 1.165) is 5.92 Å². The standard InChI is InChI=1S/C13H22.C2H6/c1-2-13(10-6-3-7-11-13)12-8-4-5-9-12;1-2/h4,8,12H,2-3,5-7,9-11H2,1H3;1-2H3. The van der Waals surface area contributed by atoms with Crippen LogP contribution in [0.1, 0.15) is 72.1 Å². The van der Waals surface area contributed by atoms with Gasteiger partial charge in [0, 0.05) is 0 Å². The van der Waals surface area contributed by atoms with Crippen molar-refractivity contribution >= 4 is 0 Å². The van der Waals surface area contributed by atoms with Crippen molar-refractivity contribution < 1.29 is 0 Å². The van der Waals surface area contributed by atoms with Gasteiger partial charge < -0.3 is 0 Å². The molecule has 1 fully saturated rings. The van der Waals surface area contributed by atoms with Gasteiger partial charge in [0.25, 0.3) is 0 Å². The average molecular weight is 208 g/mol. The summed E-state index contributed by atoms with van der Waals surface area (Å²) in [6.45, 7) is 6.40. The van der Waals surface area contributed by atoms with Crippen molar-refractivity contribution in [2.75, 3.05) is 0 Å². The molecule has 0 heteroatoms. The average Bonchev–Trinajstić information content (AvgIpc) is 2.87. The molecule has 1 atom stereocenters. The summed E-state index contributed by atoms with van der Waals surface area (Å²) in [5.41, 5.74) is 0.714. The van der Waals surface area contributed by atoms with Gasteiger partial charge in [-0.25, -0.2) is 0 Å². The van der Waals surface area contributed by atoms with Crippen molar-refractivity contribution in [3.8, 4) is 0 Å². The molecule has 0 N–H and O–H groups in total. The molecule has 2 aliphatic rings. The van der Waals surface area contributed by atoms with Crippen molar-refractivity contribution in [2.45, 2.75) is 72.1 Å². The molecule has 0 radical (unpaired) electrons. The largest absolute Gasteiger partial charge is 0.0882 e. The molecule has 0 nitrogen and oxygen atoms in total. The van der Waals surface area contributed by atoms with E-state index in [0.29, 0.717) is 5.41 Å². The first kappa shape index (κ1) is 12.8. The van der Waals surface area contributed by atoms with E-state index in [4.69, 9.17) is 0 Å². The Labute approximate surface area is 96.2 Å². The van der Waals surface area contributed by atoms with Gasteiger partial charge in [-0.1, -0.05) is 52.2 Å². The van der Waals surface area contributed by atoms with Crippen LogP contribution in [0.3, 0.4) is 0 Å². The van der Waals surface area contributed by atoms with Crippen LogP contribution in [0.15, 0.2) is 12.2 Å². The summed E-state index contributed by atoms with van der Waals surface area (Å²) in [6.07, 6.45) is 16.5. The second-order valence-corrected chi connectivity index (χ2v) is 4.89. The van der Waals surface area contributed by atoms with Gasteiger partial charge in [0.05, 0.1) is 0 Å². The Morgan fingerprint density at radius 1 is 1.13 bits per heavy atom. The lowest BCUT2D eigenvalue weighted by molar-refractivity contribution is 0.117. The topological polar surface area (TPSA) is 0 Å². The molecule has 1 unspecified atom stereocenters. The highest BCUT2D eigenvalue weighted by Gasteiger charge is 2.37. The van der Waals surface area contributed by atoms with Gasteiger partial charge in [-0.2, -0.15) is 0 Å². The minimum atomic E-state index is 0.714. The summed E-state index contributed by atoms with van der Waals surface area (Å²) in [5, 5.41) is 0. The normalized spacial score (nSPS) is 28.3. The van der Waals surface area contributed by atoms with Crippen LogP contribution in [0.25, 0.3) is 0 Å². The molecular weight excluding hydrogens is 180 g/mol. The van der Waals surface area contributed by atoms with E-state index in [1.807, 2.05) is 13.8 Å². The Morgan fingerprint density at radius 3 is 2.27 bits per heavy atom. The first-order valence-electron chi connectivity index (χ1n) is 7.04. The van der Waals surface area contributed by atoms with Gasteiger partial charge in [0.2, 0.25) is 0 Å². The first-order valence-corrected chi connectivity index (χ1v) is 7.04. The van der Waals surface area contributed by atoms with Crippen molar-refractivity contribution in [1.82, 2.24) is 0 Å². The van der Waals surface area contributed by atoms with E-state index in [9.17, 15) is 0 Å². The number of allylic oxidation sites excluding steroid dienone is 2. The van der Waals surface area contributed by atoms with Gasteiger partial charge in [0.15, 0.2) is 0 Å². The fraction of sp³-hybridized carbons (Fsp3) is 0.867. The molecule has 0 aliphatic heterocycles. The van der Waals surface area contributed by atoms with Crippen molar-refractivity contribution in [1.29, 1.82) is 0 Å². The van der Waals surface area contributed by atoms with Gasteiger partial charge in [-0.3, -0.25) is 0 Å². The zero-order valence-corrected chi connectivity index (χ0v) is 10.9. The second-order valence-electron chi connectivity index (χ2n) is 4.89. The van der Waals surface area contributed by atoms with Crippen molar-refractivity contribution in [3.63, 3.8) is 0 Å². The zero-order chi connectivity index (χ0) is 11.1. The quantitative estimate of drug-likeness (QED) is 0.537. The number of rotatable bonds is 2. The lowest BCUT2D eigenvalue weighted by Gasteiger charge is -2.41. The maximum Gasteiger partial charge on any atom is -0.0174 e. The van der Waals surface area contributed by atoms with Crippen LogP contribution in [0.2, 0.25) is 0 Å². The van der Waals surface area contributed by atoms with E-state index in [2.05, 4.69) is 19.1 Å². The molecule has 1 saturated carbocycles. The molecule has 0 bridgehead atoms. The number of hydrogen-bond acceptors (Lipinski definition) is 0. The van der Waals surface area contributed by atoms with Crippen molar-refractivity contribution in [3.05, 3.63) is 12.2 Å². The Kier molecular flexibility index (Phi) is 5.42. The summed E-state index contributed by atoms with van der Waals surface area (Å²) in [7, 11) is 0. The molecule has 0 spiro atoms. The highest BCUT2D eigenvalue weighted by Crippen LogP contribution is 2.48. The molecule has 2 rings (SSSR count). The van der Waals surface area contributed by atoms with Crippen molar-refractivity contribution in [2.24, 2.45) is 11.3 Å². The van der Waals surface area contributed by atoms with Gasteiger partial charge in [-0.15, -0.1) is 0 Å². The molecule has 2 aliphatic carbocycles. The number of hydrogen-bond donors (Lipinski definition) is 0.